The summed E-state index contributed by atoms with van der Waals surface area (Å²) in [5.74, 6) is -1.72. The van der Waals surface area contributed by atoms with Crippen molar-refractivity contribution >= 4 is 35.1 Å². The lowest BCUT2D eigenvalue weighted by atomic mass is 10.0. The molecule has 28 heavy (non-hydrogen) atoms. The molecule has 2 aliphatic heterocycles. The van der Waals surface area contributed by atoms with Crippen LogP contribution in [0.2, 0.25) is 0 Å². The number of imide groups is 1. The Labute approximate surface area is 157 Å². The predicted molar refractivity (Wildman–Crippen MR) is 91.5 cm³/mol. The highest BCUT2D eigenvalue weighted by Crippen LogP contribution is 2.32. The van der Waals surface area contributed by atoms with Gasteiger partial charge in [-0.2, -0.15) is 13.2 Å². The van der Waals surface area contributed by atoms with Gasteiger partial charge in [0, 0.05) is 24.8 Å². The molecule has 0 unspecified atom stereocenters. The van der Waals surface area contributed by atoms with E-state index in [1.54, 1.807) is 0 Å². The fourth-order valence-corrected chi connectivity index (χ4v) is 3.16. The summed E-state index contributed by atoms with van der Waals surface area (Å²) in [6.45, 7) is -1.94. The van der Waals surface area contributed by atoms with Gasteiger partial charge >= 0.3 is 12.2 Å². The predicted octanol–water partition coefficient (Wildman–Crippen LogP) is 1.36. The molecule has 150 valence electrons. The van der Waals surface area contributed by atoms with E-state index in [9.17, 15) is 32.3 Å². The summed E-state index contributed by atoms with van der Waals surface area (Å²) in [6.07, 6.45) is -4.34. The number of amides is 5. The fourth-order valence-electron chi connectivity index (χ4n) is 3.16. The van der Waals surface area contributed by atoms with E-state index in [4.69, 9.17) is 0 Å². The number of hydrogen-bond acceptors (Lipinski definition) is 4. The summed E-state index contributed by atoms with van der Waals surface area (Å²) >= 11 is 0. The number of urea groups is 1. The molecule has 3 rings (SSSR count). The van der Waals surface area contributed by atoms with Crippen LogP contribution >= 0.6 is 0 Å². The number of anilines is 2. The first-order valence-corrected chi connectivity index (χ1v) is 8.40. The zero-order chi connectivity index (χ0) is 20.6. The van der Waals surface area contributed by atoms with Crippen LogP contribution in [0, 0.1) is 0 Å². The van der Waals surface area contributed by atoms with Crippen LogP contribution in [-0.2, 0) is 20.8 Å². The lowest BCUT2D eigenvalue weighted by Gasteiger charge is -2.30. The van der Waals surface area contributed by atoms with Gasteiger partial charge in [-0.1, -0.05) is 0 Å². The van der Waals surface area contributed by atoms with E-state index in [0.29, 0.717) is 16.2 Å². The van der Waals surface area contributed by atoms with Gasteiger partial charge in [0.15, 0.2) is 0 Å². The summed E-state index contributed by atoms with van der Waals surface area (Å²) in [6, 6.07) is 3.63. The van der Waals surface area contributed by atoms with Gasteiger partial charge in [-0.05, 0) is 30.2 Å². The third-order valence-corrected chi connectivity index (χ3v) is 4.43. The van der Waals surface area contributed by atoms with Crippen molar-refractivity contribution in [1.82, 2.24) is 9.80 Å². The molecule has 8 nitrogen and oxygen atoms in total. The Kier molecular flexibility index (Phi) is 5.01. The molecule has 5 amide bonds. The third kappa shape index (κ3) is 4.07. The number of carbonyl (C=O) groups excluding carboxylic acids is 4. The Balaban J connectivity index is 1.71. The summed E-state index contributed by atoms with van der Waals surface area (Å²) in [4.78, 5) is 50.2. The molecule has 1 fully saturated rings. The second-order valence-electron chi connectivity index (χ2n) is 6.61. The van der Waals surface area contributed by atoms with Crippen LogP contribution in [-0.4, -0.2) is 66.4 Å². The third-order valence-electron chi connectivity index (χ3n) is 4.43. The van der Waals surface area contributed by atoms with E-state index in [-0.39, 0.29) is 25.1 Å². The van der Waals surface area contributed by atoms with E-state index in [2.05, 4.69) is 5.32 Å². The van der Waals surface area contributed by atoms with Gasteiger partial charge in [-0.3, -0.25) is 19.3 Å². The maximum absolute atomic E-state index is 12.7. The first-order valence-electron chi connectivity index (χ1n) is 8.40. The second kappa shape index (κ2) is 7.13. The topological polar surface area (TPSA) is 90.0 Å². The Morgan fingerprint density at radius 2 is 1.82 bits per heavy atom. The molecule has 0 aromatic heterocycles. The Hall–Kier alpha value is -3.11. The SMILES string of the molecule is CN1CC(=O)N(CC(=O)Nc2ccc3c(c2)CCC(=O)N3CC(F)(F)F)C1=O. The number of fused-ring (bicyclic) bond motifs is 1. The number of likely N-dealkylation sites (N-methyl/N-ethyl adjacent to an activating group) is 1. The summed E-state index contributed by atoms with van der Waals surface area (Å²) in [5.41, 5.74) is 0.949. The molecular formula is C17H17F3N4O4. The van der Waals surface area contributed by atoms with Crippen molar-refractivity contribution in [3.8, 4) is 0 Å². The van der Waals surface area contributed by atoms with Crippen molar-refractivity contribution < 1.29 is 32.3 Å². The Bertz CT molecular complexity index is 855. The van der Waals surface area contributed by atoms with Crippen molar-refractivity contribution in [3.63, 3.8) is 0 Å². The van der Waals surface area contributed by atoms with Gasteiger partial charge < -0.3 is 15.1 Å². The molecule has 0 aliphatic carbocycles. The zero-order valence-corrected chi connectivity index (χ0v) is 14.9. The average Bonchev–Trinajstić information content (AvgIpc) is 2.82. The van der Waals surface area contributed by atoms with E-state index in [1.165, 1.54) is 30.1 Å². The van der Waals surface area contributed by atoms with Crippen molar-refractivity contribution in [2.24, 2.45) is 0 Å². The van der Waals surface area contributed by atoms with Gasteiger partial charge in [-0.25, -0.2) is 4.79 Å². The quantitative estimate of drug-likeness (QED) is 0.776. The molecule has 0 radical (unpaired) electrons. The van der Waals surface area contributed by atoms with Crippen molar-refractivity contribution in [2.45, 2.75) is 19.0 Å². The highest BCUT2D eigenvalue weighted by molar-refractivity contribution is 6.06. The van der Waals surface area contributed by atoms with Crippen LogP contribution in [0.1, 0.15) is 12.0 Å². The zero-order valence-electron chi connectivity index (χ0n) is 14.9. The summed E-state index contributed by atoms with van der Waals surface area (Å²) in [7, 11) is 1.44. The van der Waals surface area contributed by atoms with E-state index >= 15 is 0 Å². The second-order valence-corrected chi connectivity index (χ2v) is 6.61. The van der Waals surface area contributed by atoms with Gasteiger partial charge in [0.25, 0.3) is 5.91 Å². The summed E-state index contributed by atoms with van der Waals surface area (Å²) < 4.78 is 38.2. The first kappa shape index (κ1) is 19.6. The monoisotopic (exact) mass is 398 g/mol. The van der Waals surface area contributed by atoms with Crippen LogP contribution in [0.5, 0.6) is 0 Å². The van der Waals surface area contributed by atoms with Crippen molar-refractivity contribution in [3.05, 3.63) is 23.8 Å². The Morgan fingerprint density at radius 3 is 2.43 bits per heavy atom. The molecular weight excluding hydrogens is 381 g/mol. The minimum Gasteiger partial charge on any atom is -0.325 e. The number of nitrogens with one attached hydrogen (secondary N) is 1. The van der Waals surface area contributed by atoms with Gasteiger partial charge in [0.2, 0.25) is 11.8 Å². The molecule has 2 aliphatic rings. The minimum atomic E-state index is -4.53. The molecule has 1 aromatic carbocycles. The number of carbonyl (C=O) groups is 4. The summed E-state index contributed by atoms with van der Waals surface area (Å²) in [5, 5.41) is 2.52. The highest BCUT2D eigenvalue weighted by Gasteiger charge is 2.37. The van der Waals surface area contributed by atoms with E-state index in [0.717, 1.165) is 4.90 Å². The maximum atomic E-state index is 12.7. The van der Waals surface area contributed by atoms with Gasteiger partial charge in [-0.15, -0.1) is 0 Å². The number of aryl methyl sites for hydroxylation is 1. The molecule has 1 N–H and O–H groups in total. The molecule has 0 atom stereocenters. The highest BCUT2D eigenvalue weighted by atomic mass is 19.4. The van der Waals surface area contributed by atoms with Crippen LogP contribution in [0.3, 0.4) is 0 Å². The normalized spacial score (nSPS) is 17.3. The van der Waals surface area contributed by atoms with Crippen molar-refractivity contribution in [1.29, 1.82) is 0 Å². The number of hydrogen-bond donors (Lipinski definition) is 1. The van der Waals surface area contributed by atoms with Gasteiger partial charge in [0.05, 0.1) is 0 Å². The molecule has 0 spiro atoms. The maximum Gasteiger partial charge on any atom is 0.406 e. The van der Waals surface area contributed by atoms with E-state index < -0.39 is 43.0 Å². The molecule has 2 heterocycles. The molecule has 11 heteroatoms. The number of rotatable bonds is 4. The smallest absolute Gasteiger partial charge is 0.325 e. The number of benzene rings is 1. The minimum absolute atomic E-state index is 0.0659. The van der Waals surface area contributed by atoms with Crippen LogP contribution in [0.15, 0.2) is 18.2 Å². The fraction of sp³-hybridized carbons (Fsp3) is 0.412. The number of halogens is 3. The lowest BCUT2D eigenvalue weighted by molar-refractivity contribution is -0.132. The van der Waals surface area contributed by atoms with Crippen LogP contribution < -0.4 is 10.2 Å². The standard InChI is InChI=1S/C17H17F3N4O4/c1-22-8-15(27)23(16(22)28)7-13(25)21-11-3-4-12-10(6-11)2-5-14(26)24(12)9-17(18,19)20/h3-4,6H,2,5,7-9H2,1H3,(H,21,25). The lowest BCUT2D eigenvalue weighted by Crippen LogP contribution is -2.41. The van der Waals surface area contributed by atoms with Gasteiger partial charge in [0.1, 0.15) is 19.6 Å². The Morgan fingerprint density at radius 1 is 1.11 bits per heavy atom. The number of nitrogens with zero attached hydrogens (tertiary/aromatic N) is 3. The molecule has 0 saturated carbocycles. The van der Waals surface area contributed by atoms with Crippen molar-refractivity contribution in [2.75, 3.05) is 36.9 Å². The average molecular weight is 398 g/mol. The van der Waals surface area contributed by atoms with Crippen LogP contribution in [0.25, 0.3) is 0 Å². The van der Waals surface area contributed by atoms with Crippen LogP contribution in [0.4, 0.5) is 29.3 Å². The van der Waals surface area contributed by atoms with E-state index in [1.807, 2.05) is 0 Å². The number of alkyl halides is 3. The largest absolute Gasteiger partial charge is 0.406 e. The molecule has 0 bridgehead atoms. The molecule has 1 saturated heterocycles. The molecule has 1 aromatic rings. The first-order chi connectivity index (χ1) is 13.0.